The number of carbonyl (C=O) groups is 1. The van der Waals surface area contributed by atoms with E-state index in [4.69, 9.17) is 4.74 Å². The second-order valence-corrected chi connectivity index (χ2v) is 4.95. The molecule has 0 saturated heterocycles. The van der Waals surface area contributed by atoms with Gasteiger partial charge in [-0.1, -0.05) is 55.5 Å². The third-order valence-electron chi connectivity index (χ3n) is 3.30. The van der Waals surface area contributed by atoms with E-state index in [-0.39, 0.29) is 11.9 Å². The first kappa shape index (κ1) is 15.1. The number of esters is 1. The molecule has 0 amide bonds. The second-order valence-electron chi connectivity index (χ2n) is 4.95. The summed E-state index contributed by atoms with van der Waals surface area (Å²) in [7, 11) is 0. The Morgan fingerprint density at radius 3 is 2.48 bits per heavy atom. The quantitative estimate of drug-likeness (QED) is 0.815. The van der Waals surface area contributed by atoms with Gasteiger partial charge in [-0.15, -0.1) is 0 Å². The number of hydrogen-bond acceptors (Lipinski definition) is 3. The van der Waals surface area contributed by atoms with Gasteiger partial charge in [-0.3, -0.25) is 4.79 Å². The number of hydrogen-bond donors (Lipinski definition) is 1. The lowest BCUT2D eigenvalue weighted by Gasteiger charge is -2.15. The van der Waals surface area contributed by atoms with Crippen LogP contribution in [0.3, 0.4) is 0 Å². The molecule has 1 atom stereocenters. The molecule has 0 aliphatic carbocycles. The van der Waals surface area contributed by atoms with Gasteiger partial charge in [0.2, 0.25) is 0 Å². The minimum atomic E-state index is -0.172. The van der Waals surface area contributed by atoms with Crippen LogP contribution in [0.4, 0.5) is 5.69 Å². The second kappa shape index (κ2) is 7.48. The monoisotopic (exact) mass is 283 g/mol. The van der Waals surface area contributed by atoms with Crippen LogP contribution in [0.2, 0.25) is 0 Å². The predicted molar refractivity (Wildman–Crippen MR) is 86.2 cm³/mol. The van der Waals surface area contributed by atoms with Crippen LogP contribution in [0.15, 0.2) is 54.6 Å². The Bertz CT molecular complexity index is 581. The summed E-state index contributed by atoms with van der Waals surface area (Å²) in [5, 5.41) is 3.35. The summed E-state index contributed by atoms with van der Waals surface area (Å²) in [6.45, 7) is 4.67. The molecular formula is C18H21NO2. The van der Waals surface area contributed by atoms with Crippen LogP contribution in [0.25, 0.3) is 11.1 Å². The van der Waals surface area contributed by atoms with E-state index in [0.29, 0.717) is 13.2 Å². The van der Waals surface area contributed by atoms with Crippen LogP contribution in [-0.4, -0.2) is 19.1 Å². The normalized spacial score (nSPS) is 11.7. The first-order chi connectivity index (χ1) is 10.2. The average molecular weight is 283 g/mol. The molecule has 0 fully saturated rings. The Hall–Kier alpha value is -2.29. The smallest absolute Gasteiger partial charge is 0.310 e. The highest BCUT2D eigenvalue weighted by atomic mass is 16.5. The maximum absolute atomic E-state index is 11.7. The molecule has 0 saturated carbocycles. The van der Waals surface area contributed by atoms with Crippen LogP contribution < -0.4 is 5.32 Å². The average Bonchev–Trinajstić information content (AvgIpc) is 2.54. The van der Waals surface area contributed by atoms with Crippen LogP contribution in [0.1, 0.15) is 13.8 Å². The van der Waals surface area contributed by atoms with Crippen molar-refractivity contribution in [2.75, 3.05) is 18.5 Å². The number of ether oxygens (including phenoxy) is 1. The topological polar surface area (TPSA) is 38.3 Å². The lowest BCUT2D eigenvalue weighted by atomic mass is 10.0. The highest BCUT2D eigenvalue weighted by molar-refractivity contribution is 5.78. The molecule has 110 valence electrons. The molecule has 0 aliphatic rings. The van der Waals surface area contributed by atoms with Crippen LogP contribution in [0, 0.1) is 5.92 Å². The lowest BCUT2D eigenvalue weighted by Crippen LogP contribution is -2.22. The number of nitrogens with one attached hydrogen (secondary N) is 1. The van der Waals surface area contributed by atoms with Gasteiger partial charge < -0.3 is 10.1 Å². The molecule has 2 aromatic carbocycles. The van der Waals surface area contributed by atoms with Gasteiger partial charge in [-0.2, -0.15) is 0 Å². The van der Waals surface area contributed by atoms with E-state index < -0.39 is 0 Å². The fourth-order valence-electron chi connectivity index (χ4n) is 2.14. The summed E-state index contributed by atoms with van der Waals surface area (Å²) >= 11 is 0. The van der Waals surface area contributed by atoms with Crippen molar-refractivity contribution in [1.29, 1.82) is 0 Å². The molecular weight excluding hydrogens is 262 g/mol. The van der Waals surface area contributed by atoms with Crippen molar-refractivity contribution >= 4 is 11.7 Å². The van der Waals surface area contributed by atoms with Gasteiger partial charge in [0.25, 0.3) is 0 Å². The maximum atomic E-state index is 11.7. The fraction of sp³-hybridized carbons (Fsp3) is 0.278. The maximum Gasteiger partial charge on any atom is 0.310 e. The zero-order chi connectivity index (χ0) is 15.1. The third-order valence-corrected chi connectivity index (χ3v) is 3.30. The highest BCUT2D eigenvalue weighted by Gasteiger charge is 2.14. The van der Waals surface area contributed by atoms with Crippen molar-refractivity contribution in [3.05, 3.63) is 54.6 Å². The molecule has 2 aromatic rings. The molecule has 3 heteroatoms. The molecule has 0 bridgehead atoms. The number of rotatable bonds is 6. The van der Waals surface area contributed by atoms with Crippen molar-refractivity contribution in [3.63, 3.8) is 0 Å². The van der Waals surface area contributed by atoms with Gasteiger partial charge in [-0.25, -0.2) is 0 Å². The molecule has 1 unspecified atom stereocenters. The Morgan fingerprint density at radius 2 is 1.76 bits per heavy atom. The summed E-state index contributed by atoms with van der Waals surface area (Å²) in [5.74, 6) is -0.337. The van der Waals surface area contributed by atoms with Crippen molar-refractivity contribution in [2.24, 2.45) is 5.92 Å². The molecule has 0 radical (unpaired) electrons. The van der Waals surface area contributed by atoms with E-state index >= 15 is 0 Å². The molecule has 0 heterocycles. The van der Waals surface area contributed by atoms with Crippen molar-refractivity contribution in [3.8, 4) is 11.1 Å². The molecule has 2 rings (SSSR count). The molecule has 0 aromatic heterocycles. The Kier molecular flexibility index (Phi) is 5.38. The standard InChI is InChI=1S/C18H21NO2/c1-3-21-18(20)14(2)13-19-17-12-8-7-11-16(17)15-9-5-4-6-10-15/h4-12,14,19H,3,13H2,1-2H3. The number of para-hydroxylation sites is 1. The van der Waals surface area contributed by atoms with Gasteiger partial charge in [-0.05, 0) is 18.6 Å². The predicted octanol–water partition coefficient (Wildman–Crippen LogP) is 3.96. The van der Waals surface area contributed by atoms with Gasteiger partial charge in [0, 0.05) is 17.8 Å². The summed E-state index contributed by atoms with van der Waals surface area (Å²) in [5.41, 5.74) is 3.32. The SMILES string of the molecule is CCOC(=O)C(C)CNc1ccccc1-c1ccccc1. The van der Waals surface area contributed by atoms with Crippen molar-refractivity contribution in [1.82, 2.24) is 0 Å². The Balaban J connectivity index is 2.09. The van der Waals surface area contributed by atoms with Crippen LogP contribution in [0.5, 0.6) is 0 Å². The third kappa shape index (κ3) is 4.09. The van der Waals surface area contributed by atoms with Crippen molar-refractivity contribution < 1.29 is 9.53 Å². The highest BCUT2D eigenvalue weighted by Crippen LogP contribution is 2.27. The van der Waals surface area contributed by atoms with E-state index in [1.807, 2.05) is 50.2 Å². The van der Waals surface area contributed by atoms with Gasteiger partial charge in [0.15, 0.2) is 0 Å². The number of anilines is 1. The lowest BCUT2D eigenvalue weighted by molar-refractivity contribution is -0.146. The summed E-state index contributed by atoms with van der Waals surface area (Å²) in [6.07, 6.45) is 0. The Labute approximate surface area is 126 Å². The van der Waals surface area contributed by atoms with E-state index in [9.17, 15) is 4.79 Å². The first-order valence-corrected chi connectivity index (χ1v) is 7.27. The number of carbonyl (C=O) groups excluding carboxylic acids is 1. The zero-order valence-corrected chi connectivity index (χ0v) is 12.5. The van der Waals surface area contributed by atoms with Crippen molar-refractivity contribution in [2.45, 2.75) is 13.8 Å². The zero-order valence-electron chi connectivity index (χ0n) is 12.5. The number of benzene rings is 2. The summed E-state index contributed by atoms with van der Waals surface area (Å²) in [4.78, 5) is 11.7. The largest absolute Gasteiger partial charge is 0.466 e. The fourth-order valence-corrected chi connectivity index (χ4v) is 2.14. The Morgan fingerprint density at radius 1 is 1.10 bits per heavy atom. The van der Waals surface area contributed by atoms with Crippen LogP contribution >= 0.6 is 0 Å². The molecule has 3 nitrogen and oxygen atoms in total. The summed E-state index contributed by atoms with van der Waals surface area (Å²) < 4.78 is 5.03. The van der Waals surface area contributed by atoms with Gasteiger partial charge in [0.1, 0.15) is 0 Å². The van der Waals surface area contributed by atoms with E-state index in [1.165, 1.54) is 0 Å². The molecule has 1 N–H and O–H groups in total. The molecule has 0 aliphatic heterocycles. The van der Waals surface area contributed by atoms with Gasteiger partial charge >= 0.3 is 5.97 Å². The minimum Gasteiger partial charge on any atom is -0.466 e. The van der Waals surface area contributed by atoms with Gasteiger partial charge in [0.05, 0.1) is 12.5 Å². The molecule has 21 heavy (non-hydrogen) atoms. The van der Waals surface area contributed by atoms with E-state index in [0.717, 1.165) is 16.8 Å². The summed E-state index contributed by atoms with van der Waals surface area (Å²) in [6, 6.07) is 18.3. The van der Waals surface area contributed by atoms with E-state index in [1.54, 1.807) is 0 Å². The minimum absolute atomic E-state index is 0.165. The molecule has 0 spiro atoms. The van der Waals surface area contributed by atoms with Crippen LogP contribution in [-0.2, 0) is 9.53 Å². The first-order valence-electron chi connectivity index (χ1n) is 7.27. The van der Waals surface area contributed by atoms with E-state index in [2.05, 4.69) is 23.5 Å².